The first-order chi connectivity index (χ1) is 9.77. The van der Waals surface area contributed by atoms with Gasteiger partial charge in [-0.05, 0) is 24.3 Å². The molecule has 0 bridgehead atoms. The number of nitrogens with zero attached hydrogens (tertiary/aromatic N) is 2. The third-order valence-electron chi connectivity index (χ3n) is 2.44. The summed E-state index contributed by atoms with van der Waals surface area (Å²) in [6.07, 6.45) is 6.06. The molecule has 8 heteroatoms. The largest absolute Gasteiger partial charge is 0.460 e. The number of ether oxygens (including phenoxy) is 1. The van der Waals surface area contributed by atoms with Crippen molar-refractivity contribution in [3.05, 3.63) is 60.2 Å². The molecule has 22 heavy (non-hydrogen) atoms. The zero-order chi connectivity index (χ0) is 14.2. The van der Waals surface area contributed by atoms with E-state index >= 15 is 0 Å². The van der Waals surface area contributed by atoms with Gasteiger partial charge in [-0.25, -0.2) is 4.79 Å². The number of amides is 1. The minimum atomic E-state index is -0.464. The number of nitrogens with one attached hydrogen (secondary N) is 1. The lowest BCUT2D eigenvalue weighted by Gasteiger charge is -2.06. The third-order valence-corrected chi connectivity index (χ3v) is 2.44. The third kappa shape index (κ3) is 6.07. The summed E-state index contributed by atoms with van der Waals surface area (Å²) in [5, 5.41) is 2.63. The summed E-state index contributed by atoms with van der Waals surface area (Å²) in [6.45, 7) is 0.333. The molecule has 1 N–H and O–H groups in total. The fraction of sp³-hybridized carbons (Fsp3) is 0.143. The van der Waals surface area contributed by atoms with Gasteiger partial charge in [0.25, 0.3) is 5.91 Å². The zero-order valence-corrected chi connectivity index (χ0v) is 13.1. The normalized spacial score (nSPS) is 8.91. The average Bonchev–Trinajstić information content (AvgIpc) is 2.53. The molecule has 0 aromatic carbocycles. The highest BCUT2D eigenvalue weighted by Crippen LogP contribution is 1.98. The van der Waals surface area contributed by atoms with Gasteiger partial charge in [0.05, 0.1) is 17.7 Å². The molecule has 1 amide bonds. The Morgan fingerprint density at radius 3 is 2.14 bits per heavy atom. The van der Waals surface area contributed by atoms with Crippen molar-refractivity contribution >= 4 is 36.7 Å². The van der Waals surface area contributed by atoms with Crippen molar-refractivity contribution in [1.29, 1.82) is 0 Å². The van der Waals surface area contributed by atoms with Gasteiger partial charge in [0, 0.05) is 24.8 Å². The summed E-state index contributed by atoms with van der Waals surface area (Å²) >= 11 is 0. The van der Waals surface area contributed by atoms with E-state index in [1.165, 1.54) is 12.4 Å². The van der Waals surface area contributed by atoms with Gasteiger partial charge in [-0.1, -0.05) is 0 Å². The number of carbonyl (C=O) groups excluding carboxylic acids is 2. The first kappa shape index (κ1) is 19.8. The Labute approximate surface area is 140 Å². The fourth-order valence-corrected chi connectivity index (χ4v) is 1.47. The highest BCUT2D eigenvalue weighted by Gasteiger charge is 2.07. The molecule has 0 saturated heterocycles. The Hall–Kier alpha value is -2.18. The molecular formula is C14H15Cl2N3O3. The predicted molar refractivity (Wildman–Crippen MR) is 85.6 cm³/mol. The zero-order valence-electron chi connectivity index (χ0n) is 11.5. The molecule has 0 unspecified atom stereocenters. The maximum absolute atomic E-state index is 11.7. The quantitative estimate of drug-likeness (QED) is 0.662. The molecule has 0 radical (unpaired) electrons. The minimum absolute atomic E-state index is 0. The summed E-state index contributed by atoms with van der Waals surface area (Å²) in [6, 6.07) is 6.60. The van der Waals surface area contributed by atoms with Crippen molar-refractivity contribution in [2.45, 2.75) is 0 Å². The monoisotopic (exact) mass is 343 g/mol. The molecule has 0 fully saturated rings. The SMILES string of the molecule is Cl.Cl.O=C(NCCOC(=O)c1cccnc1)c1cccnc1. The average molecular weight is 344 g/mol. The number of halogens is 2. The number of hydrogen-bond acceptors (Lipinski definition) is 5. The maximum Gasteiger partial charge on any atom is 0.339 e. The summed E-state index contributed by atoms with van der Waals surface area (Å²) in [5.74, 6) is -0.718. The van der Waals surface area contributed by atoms with E-state index in [1.54, 1.807) is 36.7 Å². The molecule has 0 spiro atoms. The smallest absolute Gasteiger partial charge is 0.339 e. The topological polar surface area (TPSA) is 81.2 Å². The second kappa shape index (κ2) is 10.5. The van der Waals surface area contributed by atoms with Gasteiger partial charge in [0.2, 0.25) is 0 Å². The lowest BCUT2D eigenvalue weighted by atomic mass is 10.3. The number of aromatic nitrogens is 2. The van der Waals surface area contributed by atoms with Crippen LogP contribution in [0.5, 0.6) is 0 Å². The standard InChI is InChI=1S/C14H13N3O3.2ClH/c18-13(11-3-1-5-15-9-11)17-7-8-20-14(19)12-4-2-6-16-10-12;;/h1-6,9-10H,7-8H2,(H,17,18);2*1H. The molecule has 118 valence electrons. The van der Waals surface area contributed by atoms with Crippen LogP contribution >= 0.6 is 24.8 Å². The molecule has 0 atom stereocenters. The molecule has 2 aromatic rings. The second-order valence-corrected chi connectivity index (χ2v) is 3.88. The van der Waals surface area contributed by atoms with E-state index in [2.05, 4.69) is 15.3 Å². The number of pyridine rings is 2. The summed E-state index contributed by atoms with van der Waals surface area (Å²) in [7, 11) is 0. The van der Waals surface area contributed by atoms with Crippen LogP contribution in [0.4, 0.5) is 0 Å². The number of rotatable bonds is 5. The van der Waals surface area contributed by atoms with Crippen LogP contribution in [0.15, 0.2) is 49.1 Å². The molecule has 2 aromatic heterocycles. The van der Waals surface area contributed by atoms with Crippen LogP contribution in [0.25, 0.3) is 0 Å². The van der Waals surface area contributed by atoms with Crippen molar-refractivity contribution in [2.24, 2.45) is 0 Å². The Morgan fingerprint density at radius 1 is 1.00 bits per heavy atom. The summed E-state index contributed by atoms with van der Waals surface area (Å²) < 4.78 is 5.01. The van der Waals surface area contributed by atoms with Crippen molar-refractivity contribution in [3.63, 3.8) is 0 Å². The second-order valence-electron chi connectivity index (χ2n) is 3.88. The van der Waals surface area contributed by atoms with E-state index in [0.717, 1.165) is 0 Å². The van der Waals surface area contributed by atoms with E-state index in [9.17, 15) is 9.59 Å². The molecular weight excluding hydrogens is 329 g/mol. The first-order valence-corrected chi connectivity index (χ1v) is 6.03. The number of carbonyl (C=O) groups is 2. The van der Waals surface area contributed by atoms with Crippen LogP contribution in [0.2, 0.25) is 0 Å². The highest BCUT2D eigenvalue weighted by molar-refractivity contribution is 5.93. The van der Waals surface area contributed by atoms with E-state index in [-0.39, 0.29) is 43.9 Å². The molecule has 6 nitrogen and oxygen atoms in total. The maximum atomic E-state index is 11.7. The number of hydrogen-bond donors (Lipinski definition) is 1. The van der Waals surface area contributed by atoms with E-state index < -0.39 is 5.97 Å². The summed E-state index contributed by atoms with van der Waals surface area (Å²) in [5.41, 5.74) is 0.845. The van der Waals surface area contributed by atoms with Gasteiger partial charge >= 0.3 is 5.97 Å². The van der Waals surface area contributed by atoms with Crippen LogP contribution < -0.4 is 5.32 Å². The highest BCUT2D eigenvalue weighted by atomic mass is 35.5. The molecule has 2 heterocycles. The predicted octanol–water partition coefficient (Wildman–Crippen LogP) is 1.91. The van der Waals surface area contributed by atoms with Crippen molar-refractivity contribution in [3.8, 4) is 0 Å². The molecule has 0 aliphatic carbocycles. The number of esters is 1. The molecule has 0 saturated carbocycles. The van der Waals surface area contributed by atoms with Crippen LogP contribution in [0, 0.1) is 0 Å². The molecule has 0 aliphatic heterocycles. The van der Waals surface area contributed by atoms with Crippen LogP contribution in [-0.2, 0) is 4.74 Å². The van der Waals surface area contributed by atoms with Crippen molar-refractivity contribution in [2.75, 3.05) is 13.2 Å². The first-order valence-electron chi connectivity index (χ1n) is 6.03. The van der Waals surface area contributed by atoms with E-state index in [4.69, 9.17) is 4.74 Å². The Morgan fingerprint density at radius 2 is 1.59 bits per heavy atom. The van der Waals surface area contributed by atoms with Gasteiger partial charge in [0.1, 0.15) is 6.61 Å². The van der Waals surface area contributed by atoms with Gasteiger partial charge in [-0.2, -0.15) is 0 Å². The lowest BCUT2D eigenvalue weighted by molar-refractivity contribution is 0.0502. The van der Waals surface area contributed by atoms with Crippen LogP contribution in [0.3, 0.4) is 0 Å². The Balaban J connectivity index is 0.00000220. The van der Waals surface area contributed by atoms with Crippen LogP contribution in [-0.4, -0.2) is 35.0 Å². The minimum Gasteiger partial charge on any atom is -0.460 e. The van der Waals surface area contributed by atoms with Crippen molar-refractivity contribution in [1.82, 2.24) is 15.3 Å². The fourth-order valence-electron chi connectivity index (χ4n) is 1.47. The van der Waals surface area contributed by atoms with Gasteiger partial charge < -0.3 is 10.1 Å². The molecule has 0 aliphatic rings. The lowest BCUT2D eigenvalue weighted by Crippen LogP contribution is -2.28. The molecule has 2 rings (SSSR count). The van der Waals surface area contributed by atoms with Crippen molar-refractivity contribution < 1.29 is 14.3 Å². The Kier molecular flexibility index (Phi) is 9.49. The van der Waals surface area contributed by atoms with E-state index in [0.29, 0.717) is 11.1 Å². The van der Waals surface area contributed by atoms with Crippen LogP contribution in [0.1, 0.15) is 20.7 Å². The van der Waals surface area contributed by atoms with E-state index in [1.807, 2.05) is 0 Å². The van der Waals surface area contributed by atoms with Gasteiger partial charge in [-0.3, -0.25) is 14.8 Å². The van der Waals surface area contributed by atoms with Gasteiger partial charge in [-0.15, -0.1) is 24.8 Å². The van der Waals surface area contributed by atoms with Gasteiger partial charge in [0.15, 0.2) is 0 Å². The Bertz CT molecular complexity index is 529. The summed E-state index contributed by atoms with van der Waals surface area (Å²) in [4.78, 5) is 30.9.